The van der Waals surface area contributed by atoms with Crippen molar-refractivity contribution in [3.63, 3.8) is 0 Å². The zero-order valence-electron chi connectivity index (χ0n) is 13.2. The maximum absolute atomic E-state index is 12.5. The molecule has 1 N–H and O–H groups in total. The predicted molar refractivity (Wildman–Crippen MR) is 88.2 cm³/mol. The monoisotopic (exact) mass is 321 g/mol. The van der Waals surface area contributed by atoms with Crippen LogP contribution < -0.4 is 5.32 Å². The zero-order chi connectivity index (χ0) is 15.7. The first-order chi connectivity index (χ1) is 10.6. The van der Waals surface area contributed by atoms with Crippen molar-refractivity contribution in [2.24, 2.45) is 0 Å². The molecule has 2 heterocycles. The number of thiophene rings is 1. The maximum Gasteiger partial charge on any atom is 0.322 e. The standard InChI is InChI=1S/C16H23N3O2S/c1-11-9-22-10-15(11)17-16(21)18-7-3-4-14(18)8-19(12(2)20)13-5-6-13/h9-10,13-14H,3-8H2,1-2H3,(H,17,21). The fourth-order valence-corrected chi connectivity index (χ4v) is 3.90. The van der Waals surface area contributed by atoms with Crippen LogP contribution in [0.2, 0.25) is 0 Å². The molecule has 1 aliphatic heterocycles. The van der Waals surface area contributed by atoms with Gasteiger partial charge in [0.25, 0.3) is 0 Å². The second kappa shape index (κ2) is 6.28. The van der Waals surface area contributed by atoms with Gasteiger partial charge in [-0.1, -0.05) is 0 Å². The van der Waals surface area contributed by atoms with Gasteiger partial charge in [0.2, 0.25) is 5.91 Å². The van der Waals surface area contributed by atoms with E-state index >= 15 is 0 Å². The van der Waals surface area contributed by atoms with E-state index in [9.17, 15) is 9.59 Å². The third-order valence-corrected chi connectivity index (χ3v) is 5.40. The van der Waals surface area contributed by atoms with Crippen molar-refractivity contribution >= 4 is 29.0 Å². The number of amides is 3. The Kier molecular flexibility index (Phi) is 4.38. The second-order valence-electron chi connectivity index (χ2n) is 6.29. The number of hydrogen-bond acceptors (Lipinski definition) is 3. The molecule has 120 valence electrons. The summed E-state index contributed by atoms with van der Waals surface area (Å²) in [6, 6.07) is 0.508. The van der Waals surface area contributed by atoms with Crippen molar-refractivity contribution in [1.29, 1.82) is 0 Å². The fourth-order valence-electron chi connectivity index (χ4n) is 3.12. The Balaban J connectivity index is 1.63. The van der Waals surface area contributed by atoms with Gasteiger partial charge in [-0.05, 0) is 43.6 Å². The van der Waals surface area contributed by atoms with E-state index in [1.165, 1.54) is 0 Å². The van der Waals surface area contributed by atoms with Gasteiger partial charge in [0.05, 0.1) is 11.7 Å². The summed E-state index contributed by atoms with van der Waals surface area (Å²) < 4.78 is 0. The lowest BCUT2D eigenvalue weighted by Crippen LogP contribution is -2.46. The predicted octanol–water partition coefficient (Wildman–Crippen LogP) is 3.06. The third kappa shape index (κ3) is 3.27. The molecule has 3 rings (SSSR count). The normalized spacial score (nSPS) is 21.0. The highest BCUT2D eigenvalue weighted by molar-refractivity contribution is 7.08. The lowest BCUT2D eigenvalue weighted by molar-refractivity contribution is -0.130. The number of nitrogens with one attached hydrogen (secondary N) is 1. The van der Waals surface area contributed by atoms with Crippen LogP contribution in [0.25, 0.3) is 0 Å². The van der Waals surface area contributed by atoms with Crippen LogP contribution in [0.15, 0.2) is 10.8 Å². The van der Waals surface area contributed by atoms with Crippen LogP contribution in [0.4, 0.5) is 10.5 Å². The highest BCUT2D eigenvalue weighted by Gasteiger charge is 2.36. The number of rotatable bonds is 4. The zero-order valence-corrected chi connectivity index (χ0v) is 14.0. The van der Waals surface area contributed by atoms with Gasteiger partial charge in [-0.15, -0.1) is 11.3 Å². The van der Waals surface area contributed by atoms with Crippen molar-refractivity contribution in [3.05, 3.63) is 16.3 Å². The van der Waals surface area contributed by atoms with Gasteiger partial charge in [-0.25, -0.2) is 4.79 Å². The topological polar surface area (TPSA) is 52.7 Å². The summed E-state index contributed by atoms with van der Waals surface area (Å²) in [5.41, 5.74) is 1.99. The average molecular weight is 321 g/mol. The molecule has 1 saturated carbocycles. The summed E-state index contributed by atoms with van der Waals surface area (Å²) in [6.07, 6.45) is 4.20. The molecule has 0 aromatic carbocycles. The number of anilines is 1. The van der Waals surface area contributed by atoms with Gasteiger partial charge in [-0.3, -0.25) is 4.79 Å². The summed E-state index contributed by atoms with van der Waals surface area (Å²) in [7, 11) is 0. The minimum absolute atomic E-state index is 0.0386. The summed E-state index contributed by atoms with van der Waals surface area (Å²) >= 11 is 1.59. The largest absolute Gasteiger partial charge is 0.338 e. The van der Waals surface area contributed by atoms with Gasteiger partial charge in [0, 0.05) is 31.4 Å². The summed E-state index contributed by atoms with van der Waals surface area (Å²) in [5.74, 6) is 0.128. The number of likely N-dealkylation sites (tertiary alicyclic amines) is 1. The molecular weight excluding hydrogens is 298 g/mol. The van der Waals surface area contributed by atoms with Crippen molar-refractivity contribution in [2.75, 3.05) is 18.4 Å². The fraction of sp³-hybridized carbons (Fsp3) is 0.625. The molecule has 0 spiro atoms. The maximum atomic E-state index is 12.5. The van der Waals surface area contributed by atoms with Gasteiger partial charge in [-0.2, -0.15) is 0 Å². The molecule has 3 amide bonds. The first-order valence-corrected chi connectivity index (χ1v) is 8.88. The number of nitrogens with zero attached hydrogens (tertiary/aromatic N) is 2. The molecule has 0 bridgehead atoms. The van der Waals surface area contributed by atoms with Gasteiger partial charge in [0.1, 0.15) is 0 Å². The average Bonchev–Trinajstić information content (AvgIpc) is 3.07. The Morgan fingerprint density at radius 2 is 2.14 bits per heavy atom. The first kappa shape index (κ1) is 15.3. The molecule has 6 heteroatoms. The van der Waals surface area contributed by atoms with Crippen molar-refractivity contribution in [3.8, 4) is 0 Å². The third-order valence-electron chi connectivity index (χ3n) is 4.53. The minimum atomic E-state index is -0.0386. The van der Waals surface area contributed by atoms with Crippen LogP contribution >= 0.6 is 11.3 Å². The molecule has 1 saturated heterocycles. The van der Waals surface area contributed by atoms with Crippen LogP contribution in [0, 0.1) is 6.92 Å². The molecule has 22 heavy (non-hydrogen) atoms. The lowest BCUT2D eigenvalue weighted by Gasteiger charge is -2.30. The minimum Gasteiger partial charge on any atom is -0.338 e. The van der Waals surface area contributed by atoms with E-state index < -0.39 is 0 Å². The van der Waals surface area contributed by atoms with Crippen LogP contribution in [-0.4, -0.2) is 46.9 Å². The molecule has 1 aliphatic carbocycles. The van der Waals surface area contributed by atoms with Gasteiger partial charge >= 0.3 is 6.03 Å². The highest BCUT2D eigenvalue weighted by atomic mass is 32.1. The number of carbonyl (C=O) groups is 2. The highest BCUT2D eigenvalue weighted by Crippen LogP contribution is 2.29. The van der Waals surface area contributed by atoms with Gasteiger partial charge < -0.3 is 15.1 Å². The molecule has 2 aliphatic rings. The van der Waals surface area contributed by atoms with E-state index in [2.05, 4.69) is 5.32 Å². The van der Waals surface area contributed by atoms with E-state index in [4.69, 9.17) is 0 Å². The van der Waals surface area contributed by atoms with Crippen LogP contribution in [0.5, 0.6) is 0 Å². The molecule has 2 fully saturated rings. The Labute approximate surface area is 135 Å². The Hall–Kier alpha value is -1.56. The molecule has 1 aromatic rings. The number of hydrogen-bond donors (Lipinski definition) is 1. The number of carbonyl (C=O) groups excluding carboxylic acids is 2. The Bertz CT molecular complexity index is 567. The van der Waals surface area contributed by atoms with Crippen LogP contribution in [0.1, 0.15) is 38.2 Å². The molecule has 0 radical (unpaired) electrons. The number of aryl methyl sites for hydroxylation is 1. The van der Waals surface area contributed by atoms with Crippen LogP contribution in [0.3, 0.4) is 0 Å². The summed E-state index contributed by atoms with van der Waals surface area (Å²) in [5, 5.41) is 7.00. The van der Waals surface area contributed by atoms with E-state index in [-0.39, 0.29) is 18.0 Å². The molecule has 1 atom stereocenters. The molecule has 5 nitrogen and oxygen atoms in total. The SMILES string of the molecule is CC(=O)N(CC1CCCN1C(=O)Nc1cscc1C)C1CC1. The first-order valence-electron chi connectivity index (χ1n) is 7.94. The van der Waals surface area contributed by atoms with Crippen molar-refractivity contribution in [2.45, 2.75) is 51.6 Å². The Morgan fingerprint density at radius 3 is 2.73 bits per heavy atom. The smallest absolute Gasteiger partial charge is 0.322 e. The number of urea groups is 1. The lowest BCUT2D eigenvalue weighted by atomic mass is 10.2. The molecular formula is C16H23N3O2S. The van der Waals surface area contributed by atoms with E-state index in [0.29, 0.717) is 12.6 Å². The Morgan fingerprint density at radius 1 is 1.36 bits per heavy atom. The summed E-state index contributed by atoms with van der Waals surface area (Å²) in [6.45, 7) is 5.08. The molecule has 1 aromatic heterocycles. The van der Waals surface area contributed by atoms with Crippen LogP contribution in [-0.2, 0) is 4.79 Å². The van der Waals surface area contributed by atoms with E-state index in [1.54, 1.807) is 18.3 Å². The van der Waals surface area contributed by atoms with Crippen molar-refractivity contribution in [1.82, 2.24) is 9.80 Å². The molecule has 1 unspecified atom stereocenters. The second-order valence-corrected chi connectivity index (χ2v) is 7.03. The van der Waals surface area contributed by atoms with E-state index in [0.717, 1.165) is 43.5 Å². The van der Waals surface area contributed by atoms with Crippen molar-refractivity contribution < 1.29 is 9.59 Å². The quantitative estimate of drug-likeness (QED) is 0.926. The van der Waals surface area contributed by atoms with E-state index in [1.807, 2.05) is 27.5 Å². The van der Waals surface area contributed by atoms with Gasteiger partial charge in [0.15, 0.2) is 0 Å². The summed E-state index contributed by atoms with van der Waals surface area (Å²) in [4.78, 5) is 28.2.